The van der Waals surface area contributed by atoms with Crippen LogP contribution in [-0.4, -0.2) is 29.5 Å². The van der Waals surface area contributed by atoms with Crippen LogP contribution in [-0.2, 0) is 6.42 Å². The van der Waals surface area contributed by atoms with Gasteiger partial charge in [-0.25, -0.2) is 4.98 Å². The third-order valence-electron chi connectivity index (χ3n) is 3.51. The maximum Gasteiger partial charge on any atom is 0.167 e. The first-order chi connectivity index (χ1) is 9.90. The molecule has 1 fully saturated rings. The summed E-state index contributed by atoms with van der Waals surface area (Å²) in [4.78, 5) is 8.28. The minimum Gasteiger partial charge on any atom is -0.303 e. The molecule has 1 saturated heterocycles. The molecule has 0 bridgehead atoms. The Morgan fingerprint density at radius 1 is 1.10 bits per heavy atom. The first-order valence-corrected chi connectivity index (χ1v) is 7.96. The number of rotatable bonds is 3. The largest absolute Gasteiger partial charge is 0.303 e. The van der Waals surface area contributed by atoms with Crippen molar-refractivity contribution in [2.75, 3.05) is 19.6 Å². The summed E-state index contributed by atoms with van der Waals surface area (Å²) in [5.74, 6) is 6.31. The van der Waals surface area contributed by atoms with Gasteiger partial charge in [-0.2, -0.15) is 0 Å². The summed E-state index contributed by atoms with van der Waals surface area (Å²) in [5.41, 5.74) is 1.04. The first-order valence-electron chi connectivity index (χ1n) is 7.14. The van der Waals surface area contributed by atoms with Gasteiger partial charge in [0, 0.05) is 23.2 Å². The molecular formula is C17H18N2S. The number of hydrogen-bond acceptors (Lipinski definition) is 3. The van der Waals surface area contributed by atoms with Gasteiger partial charge in [0.15, 0.2) is 5.01 Å². The van der Waals surface area contributed by atoms with Crippen LogP contribution in [0.15, 0.2) is 36.5 Å². The molecule has 0 unspecified atom stereocenters. The Bertz CT molecular complexity index is 601. The van der Waals surface area contributed by atoms with Crippen molar-refractivity contribution in [2.24, 2.45) is 0 Å². The van der Waals surface area contributed by atoms with Crippen molar-refractivity contribution in [2.45, 2.75) is 19.3 Å². The first kappa shape index (κ1) is 13.4. The minimum absolute atomic E-state index is 0.922. The highest BCUT2D eigenvalue weighted by Gasteiger charge is 2.11. The van der Waals surface area contributed by atoms with Crippen LogP contribution in [0.2, 0.25) is 0 Å². The molecule has 0 atom stereocenters. The standard InChI is InChI=1S/C17H18N2S/c1-2-6-15(7-3-1)8-9-17-18-14-16(20-17)10-13-19-11-4-5-12-19/h1-3,6-7,14H,4-5,10-13H2. The van der Waals surface area contributed by atoms with Crippen LogP contribution in [0, 0.1) is 11.8 Å². The lowest BCUT2D eigenvalue weighted by Gasteiger charge is -2.12. The Balaban J connectivity index is 1.58. The Kier molecular flexibility index (Phi) is 4.47. The Hall–Kier alpha value is -1.63. The van der Waals surface area contributed by atoms with Gasteiger partial charge >= 0.3 is 0 Å². The number of aromatic nitrogens is 1. The fraction of sp³-hybridized carbons (Fsp3) is 0.353. The van der Waals surface area contributed by atoms with E-state index in [4.69, 9.17) is 0 Å². The lowest BCUT2D eigenvalue weighted by Crippen LogP contribution is -2.21. The van der Waals surface area contributed by atoms with Crippen molar-refractivity contribution in [1.29, 1.82) is 0 Å². The molecular weight excluding hydrogens is 264 g/mol. The Morgan fingerprint density at radius 2 is 1.90 bits per heavy atom. The summed E-state index contributed by atoms with van der Waals surface area (Å²) in [6, 6.07) is 10.1. The van der Waals surface area contributed by atoms with Crippen LogP contribution in [0.4, 0.5) is 0 Å². The third-order valence-corrected chi connectivity index (χ3v) is 4.49. The van der Waals surface area contributed by atoms with Crippen molar-refractivity contribution in [3.8, 4) is 11.8 Å². The van der Waals surface area contributed by atoms with E-state index in [0.717, 1.165) is 23.5 Å². The molecule has 3 heteroatoms. The molecule has 2 nitrogen and oxygen atoms in total. The predicted octanol–water partition coefficient (Wildman–Crippen LogP) is 3.18. The summed E-state index contributed by atoms with van der Waals surface area (Å²) in [5, 5.41) is 0.922. The second-order valence-corrected chi connectivity index (χ2v) is 6.16. The average molecular weight is 282 g/mol. The summed E-state index contributed by atoms with van der Waals surface area (Å²) in [6.07, 6.45) is 5.80. The van der Waals surface area contributed by atoms with Crippen molar-refractivity contribution in [3.05, 3.63) is 52.0 Å². The monoisotopic (exact) mass is 282 g/mol. The zero-order valence-corrected chi connectivity index (χ0v) is 12.3. The van der Waals surface area contributed by atoms with Crippen LogP contribution in [0.3, 0.4) is 0 Å². The second kappa shape index (κ2) is 6.69. The molecule has 1 aromatic carbocycles. The van der Waals surface area contributed by atoms with E-state index in [2.05, 4.69) is 21.7 Å². The Labute approximate surface area is 124 Å². The highest BCUT2D eigenvalue weighted by molar-refractivity contribution is 7.12. The number of likely N-dealkylation sites (tertiary alicyclic amines) is 1. The second-order valence-electron chi connectivity index (χ2n) is 5.05. The molecule has 3 rings (SSSR count). The average Bonchev–Trinajstić information content (AvgIpc) is 3.16. The van der Waals surface area contributed by atoms with Crippen LogP contribution >= 0.6 is 11.3 Å². The molecule has 1 aliphatic heterocycles. The van der Waals surface area contributed by atoms with E-state index in [1.807, 2.05) is 36.5 Å². The molecule has 0 radical (unpaired) electrons. The maximum absolute atomic E-state index is 4.40. The highest BCUT2D eigenvalue weighted by atomic mass is 32.1. The van der Waals surface area contributed by atoms with E-state index in [-0.39, 0.29) is 0 Å². The SMILES string of the molecule is C(#Cc1ncc(CCN2CCCC2)s1)c1ccccc1. The maximum atomic E-state index is 4.40. The lowest BCUT2D eigenvalue weighted by molar-refractivity contribution is 0.344. The molecule has 0 amide bonds. The van der Waals surface area contributed by atoms with Crippen LogP contribution < -0.4 is 0 Å². The summed E-state index contributed by atoms with van der Waals surface area (Å²) >= 11 is 1.72. The summed E-state index contributed by atoms with van der Waals surface area (Å²) in [7, 11) is 0. The van der Waals surface area contributed by atoms with Gasteiger partial charge in [-0.15, -0.1) is 11.3 Å². The minimum atomic E-state index is 0.922. The van der Waals surface area contributed by atoms with Crippen LogP contribution in [0.25, 0.3) is 0 Å². The van der Waals surface area contributed by atoms with Crippen molar-refractivity contribution < 1.29 is 0 Å². The molecule has 2 heterocycles. The van der Waals surface area contributed by atoms with Crippen molar-refractivity contribution in [1.82, 2.24) is 9.88 Å². The number of thiazole rings is 1. The molecule has 0 aliphatic carbocycles. The van der Waals surface area contributed by atoms with Gasteiger partial charge in [0.2, 0.25) is 0 Å². The topological polar surface area (TPSA) is 16.1 Å². The van der Waals surface area contributed by atoms with Crippen molar-refractivity contribution in [3.63, 3.8) is 0 Å². The molecule has 102 valence electrons. The zero-order valence-electron chi connectivity index (χ0n) is 11.5. The normalized spacial score (nSPS) is 15.0. The summed E-state index contributed by atoms with van der Waals surface area (Å²) < 4.78 is 0. The molecule has 20 heavy (non-hydrogen) atoms. The molecule has 0 spiro atoms. The highest BCUT2D eigenvalue weighted by Crippen LogP contribution is 2.15. The van der Waals surface area contributed by atoms with Crippen LogP contribution in [0.1, 0.15) is 28.3 Å². The van der Waals surface area contributed by atoms with Crippen LogP contribution in [0.5, 0.6) is 0 Å². The van der Waals surface area contributed by atoms with E-state index in [1.54, 1.807) is 11.3 Å². The third kappa shape index (κ3) is 3.69. The van der Waals surface area contributed by atoms with E-state index in [0.29, 0.717) is 0 Å². The van der Waals surface area contributed by atoms with E-state index < -0.39 is 0 Å². The predicted molar refractivity (Wildman–Crippen MR) is 83.9 cm³/mol. The van der Waals surface area contributed by atoms with E-state index in [9.17, 15) is 0 Å². The molecule has 2 aromatic rings. The number of benzene rings is 1. The van der Waals surface area contributed by atoms with Gasteiger partial charge in [-0.3, -0.25) is 0 Å². The van der Waals surface area contributed by atoms with Gasteiger partial charge in [0.05, 0.1) is 0 Å². The quantitative estimate of drug-likeness (QED) is 0.804. The van der Waals surface area contributed by atoms with E-state index >= 15 is 0 Å². The van der Waals surface area contributed by atoms with Crippen molar-refractivity contribution >= 4 is 11.3 Å². The smallest absolute Gasteiger partial charge is 0.167 e. The van der Waals surface area contributed by atoms with E-state index in [1.165, 1.54) is 30.8 Å². The number of nitrogens with zero attached hydrogens (tertiary/aromatic N) is 2. The zero-order chi connectivity index (χ0) is 13.6. The number of hydrogen-bond donors (Lipinski definition) is 0. The van der Waals surface area contributed by atoms with Gasteiger partial charge in [0.25, 0.3) is 0 Å². The fourth-order valence-corrected chi connectivity index (χ4v) is 3.16. The lowest BCUT2D eigenvalue weighted by atomic mass is 10.2. The van der Waals surface area contributed by atoms with Gasteiger partial charge < -0.3 is 4.90 Å². The Morgan fingerprint density at radius 3 is 2.70 bits per heavy atom. The van der Waals surface area contributed by atoms with Gasteiger partial charge in [-0.1, -0.05) is 24.1 Å². The molecule has 1 aromatic heterocycles. The summed E-state index contributed by atoms with van der Waals surface area (Å²) in [6.45, 7) is 3.69. The molecule has 0 N–H and O–H groups in total. The fourth-order valence-electron chi connectivity index (χ4n) is 2.40. The molecule has 1 aliphatic rings. The molecule has 0 saturated carbocycles. The van der Waals surface area contributed by atoms with Gasteiger partial charge in [0.1, 0.15) is 0 Å². The van der Waals surface area contributed by atoms with Gasteiger partial charge in [-0.05, 0) is 50.4 Å².